The first-order valence-corrected chi connectivity index (χ1v) is 9.96. The molecule has 9 heteroatoms. The van der Waals surface area contributed by atoms with E-state index < -0.39 is 11.9 Å². The Hall–Kier alpha value is -2.97. The Labute approximate surface area is 182 Å². The van der Waals surface area contributed by atoms with Crippen LogP contribution < -0.4 is 14.2 Å². The molecule has 0 N–H and O–H groups in total. The van der Waals surface area contributed by atoms with Crippen molar-refractivity contribution in [1.29, 1.82) is 0 Å². The van der Waals surface area contributed by atoms with Crippen LogP contribution in [0.5, 0.6) is 17.2 Å². The summed E-state index contributed by atoms with van der Waals surface area (Å²) < 4.78 is 15.7. The Bertz CT molecular complexity index is 1030. The lowest BCUT2D eigenvalue weighted by Crippen LogP contribution is -2.27. The van der Waals surface area contributed by atoms with E-state index in [1.165, 1.54) is 21.1 Å². The Morgan fingerprint density at radius 2 is 1.80 bits per heavy atom. The lowest BCUT2D eigenvalue weighted by Gasteiger charge is -2.14. The second kappa shape index (κ2) is 9.23. The fraction of sp³-hybridized carbons (Fsp3) is 0.190. The van der Waals surface area contributed by atoms with Gasteiger partial charge >= 0.3 is 5.97 Å². The first-order valence-electron chi connectivity index (χ1n) is 8.76. The molecular weight excluding hydrogens is 430 g/mol. The molecule has 0 aromatic heterocycles. The van der Waals surface area contributed by atoms with Gasteiger partial charge in [0, 0.05) is 11.9 Å². The SMILES string of the molecule is COc1cc(/C=C2\SC(=O)N(Cc3cccc(Cl)c3)C2=O)cc(OC)c1OC(C)=O. The number of benzene rings is 2. The smallest absolute Gasteiger partial charge is 0.308 e. The zero-order valence-electron chi connectivity index (χ0n) is 16.4. The van der Waals surface area contributed by atoms with Crippen molar-refractivity contribution in [3.05, 3.63) is 57.5 Å². The molecule has 0 radical (unpaired) electrons. The van der Waals surface area contributed by atoms with Crippen molar-refractivity contribution in [3.8, 4) is 17.2 Å². The van der Waals surface area contributed by atoms with E-state index in [0.717, 1.165) is 22.2 Å². The van der Waals surface area contributed by atoms with Crippen LogP contribution in [0.3, 0.4) is 0 Å². The summed E-state index contributed by atoms with van der Waals surface area (Å²) in [5.74, 6) is -0.282. The molecule has 1 saturated heterocycles. The van der Waals surface area contributed by atoms with E-state index in [-0.39, 0.29) is 33.9 Å². The molecule has 1 heterocycles. The van der Waals surface area contributed by atoms with Crippen LogP contribution in [0.15, 0.2) is 41.3 Å². The first kappa shape index (κ1) is 21.7. The quantitative estimate of drug-likeness (QED) is 0.366. The maximum Gasteiger partial charge on any atom is 0.308 e. The zero-order chi connectivity index (χ0) is 21.8. The number of amides is 2. The van der Waals surface area contributed by atoms with Gasteiger partial charge in [0.25, 0.3) is 11.1 Å². The van der Waals surface area contributed by atoms with Gasteiger partial charge in [-0.2, -0.15) is 0 Å². The number of rotatable bonds is 6. The number of carbonyl (C=O) groups is 3. The minimum absolute atomic E-state index is 0.126. The summed E-state index contributed by atoms with van der Waals surface area (Å²) in [6.45, 7) is 1.39. The number of ether oxygens (including phenoxy) is 3. The molecule has 30 heavy (non-hydrogen) atoms. The van der Waals surface area contributed by atoms with E-state index in [1.54, 1.807) is 42.5 Å². The molecule has 1 aliphatic heterocycles. The number of esters is 1. The summed E-state index contributed by atoms with van der Waals surface area (Å²) in [6.07, 6.45) is 1.56. The van der Waals surface area contributed by atoms with E-state index >= 15 is 0 Å². The highest BCUT2D eigenvalue weighted by Crippen LogP contribution is 2.41. The van der Waals surface area contributed by atoms with Crippen LogP contribution in [0.25, 0.3) is 6.08 Å². The van der Waals surface area contributed by atoms with Crippen LogP contribution in [0.1, 0.15) is 18.1 Å². The minimum atomic E-state index is -0.526. The predicted octanol–water partition coefficient (Wildman–Crippen LogP) is 4.52. The van der Waals surface area contributed by atoms with Crippen molar-refractivity contribution in [1.82, 2.24) is 4.90 Å². The van der Waals surface area contributed by atoms with Crippen LogP contribution in [-0.2, 0) is 16.1 Å². The van der Waals surface area contributed by atoms with Crippen molar-refractivity contribution in [2.24, 2.45) is 0 Å². The van der Waals surface area contributed by atoms with Crippen LogP contribution in [0.4, 0.5) is 4.79 Å². The van der Waals surface area contributed by atoms with E-state index in [2.05, 4.69) is 0 Å². The van der Waals surface area contributed by atoms with E-state index in [4.69, 9.17) is 25.8 Å². The van der Waals surface area contributed by atoms with Gasteiger partial charge in [-0.15, -0.1) is 0 Å². The summed E-state index contributed by atoms with van der Waals surface area (Å²) >= 11 is 6.82. The van der Waals surface area contributed by atoms with Gasteiger partial charge in [-0.1, -0.05) is 23.7 Å². The lowest BCUT2D eigenvalue weighted by molar-refractivity contribution is -0.132. The molecule has 0 saturated carbocycles. The zero-order valence-corrected chi connectivity index (χ0v) is 18.0. The van der Waals surface area contributed by atoms with Crippen LogP contribution in [-0.4, -0.2) is 36.2 Å². The number of thioether (sulfide) groups is 1. The highest BCUT2D eigenvalue weighted by Gasteiger charge is 2.35. The predicted molar refractivity (Wildman–Crippen MR) is 114 cm³/mol. The van der Waals surface area contributed by atoms with Gasteiger partial charge in [0.15, 0.2) is 11.5 Å². The van der Waals surface area contributed by atoms with Crippen molar-refractivity contribution in [2.45, 2.75) is 13.5 Å². The van der Waals surface area contributed by atoms with Crippen LogP contribution in [0.2, 0.25) is 5.02 Å². The van der Waals surface area contributed by atoms with Crippen LogP contribution >= 0.6 is 23.4 Å². The molecular formula is C21H18ClNO6S. The Balaban J connectivity index is 1.90. The average Bonchev–Trinajstić information content (AvgIpc) is 2.95. The summed E-state index contributed by atoms with van der Waals surface area (Å²) in [4.78, 5) is 37.9. The third-order valence-electron chi connectivity index (χ3n) is 4.13. The average molecular weight is 448 g/mol. The van der Waals surface area contributed by atoms with Gasteiger partial charge in [0.05, 0.1) is 25.7 Å². The number of carbonyl (C=O) groups excluding carboxylic acids is 3. The Kier molecular flexibility index (Phi) is 6.69. The first-order chi connectivity index (χ1) is 14.3. The highest BCUT2D eigenvalue weighted by atomic mass is 35.5. The molecule has 0 unspecified atom stereocenters. The highest BCUT2D eigenvalue weighted by molar-refractivity contribution is 8.18. The summed E-state index contributed by atoms with van der Waals surface area (Å²) in [5, 5.41) is 0.156. The molecule has 0 atom stereocenters. The van der Waals surface area contributed by atoms with Crippen molar-refractivity contribution in [3.63, 3.8) is 0 Å². The van der Waals surface area contributed by atoms with Gasteiger partial charge in [-0.3, -0.25) is 19.3 Å². The standard InChI is InChI=1S/C21H18ClNO6S/c1-12(24)29-19-16(27-2)8-14(9-17(19)28-3)10-18-20(25)23(21(26)30-18)11-13-5-4-6-15(22)7-13/h4-10H,11H2,1-3H3/b18-10-. The number of imide groups is 1. The molecule has 7 nitrogen and oxygen atoms in total. The lowest BCUT2D eigenvalue weighted by atomic mass is 10.1. The van der Waals surface area contributed by atoms with Gasteiger partial charge < -0.3 is 14.2 Å². The van der Waals surface area contributed by atoms with E-state index in [9.17, 15) is 14.4 Å². The normalized spacial score (nSPS) is 14.9. The van der Waals surface area contributed by atoms with Crippen molar-refractivity contribution in [2.75, 3.05) is 14.2 Å². The fourth-order valence-corrected chi connectivity index (χ4v) is 3.88. The summed E-state index contributed by atoms with van der Waals surface area (Å²) in [5.41, 5.74) is 1.30. The van der Waals surface area contributed by atoms with Crippen LogP contribution in [0, 0.1) is 0 Å². The Morgan fingerprint density at radius 1 is 1.13 bits per heavy atom. The monoisotopic (exact) mass is 447 g/mol. The molecule has 2 aromatic carbocycles. The second-order valence-electron chi connectivity index (χ2n) is 6.25. The van der Waals surface area contributed by atoms with Gasteiger partial charge in [-0.25, -0.2) is 0 Å². The van der Waals surface area contributed by atoms with Gasteiger partial charge in [-0.05, 0) is 53.2 Å². The molecule has 1 fully saturated rings. The number of halogens is 1. The summed E-state index contributed by atoms with van der Waals surface area (Å²) in [7, 11) is 2.84. The van der Waals surface area contributed by atoms with E-state index in [0.29, 0.717) is 10.6 Å². The molecule has 0 aliphatic carbocycles. The molecule has 2 amide bonds. The molecule has 0 bridgehead atoms. The van der Waals surface area contributed by atoms with Crippen molar-refractivity contribution >= 4 is 46.6 Å². The topological polar surface area (TPSA) is 82.1 Å². The number of nitrogens with zero attached hydrogens (tertiary/aromatic N) is 1. The van der Waals surface area contributed by atoms with Crippen molar-refractivity contribution < 1.29 is 28.6 Å². The van der Waals surface area contributed by atoms with Gasteiger partial charge in [0.2, 0.25) is 5.75 Å². The maximum atomic E-state index is 12.8. The Morgan fingerprint density at radius 3 is 2.37 bits per heavy atom. The molecule has 1 aliphatic rings. The second-order valence-corrected chi connectivity index (χ2v) is 7.68. The molecule has 156 valence electrons. The molecule has 3 rings (SSSR count). The maximum absolute atomic E-state index is 12.8. The van der Waals surface area contributed by atoms with Gasteiger partial charge in [0.1, 0.15) is 0 Å². The number of methoxy groups -OCH3 is 2. The third kappa shape index (κ3) is 4.77. The van der Waals surface area contributed by atoms with E-state index in [1.807, 2.05) is 0 Å². The number of hydrogen-bond donors (Lipinski definition) is 0. The largest absolute Gasteiger partial charge is 0.493 e. The molecule has 2 aromatic rings. The summed E-state index contributed by atoms with van der Waals surface area (Å²) in [6, 6.07) is 10.2. The number of hydrogen-bond acceptors (Lipinski definition) is 7. The third-order valence-corrected chi connectivity index (χ3v) is 5.27. The molecule has 0 spiro atoms. The minimum Gasteiger partial charge on any atom is -0.493 e. The fourth-order valence-electron chi connectivity index (χ4n) is 2.83.